The van der Waals surface area contributed by atoms with Gasteiger partial charge in [-0.1, -0.05) is 6.42 Å². The van der Waals surface area contributed by atoms with Crippen LogP contribution in [0.4, 0.5) is 0 Å². The molecule has 0 aromatic rings. The standard InChI is InChI=1S/C16H29NO2/c1-15(2,3)17-10-11-8-7-9-12(11)13(17)14(18)19-16(4,5)6/h11-13H,7-10H2,1-6H3/t11-,12-,13-/m0/s1. The van der Waals surface area contributed by atoms with E-state index in [0.29, 0.717) is 11.8 Å². The van der Waals surface area contributed by atoms with E-state index in [4.69, 9.17) is 4.74 Å². The molecule has 2 aliphatic rings. The summed E-state index contributed by atoms with van der Waals surface area (Å²) in [6.45, 7) is 13.5. The number of carbonyl (C=O) groups is 1. The first-order valence-electron chi connectivity index (χ1n) is 7.59. The number of nitrogens with zero attached hydrogens (tertiary/aromatic N) is 1. The van der Waals surface area contributed by atoms with Gasteiger partial charge in [-0.25, -0.2) is 0 Å². The second-order valence-corrected chi connectivity index (χ2v) is 8.16. The lowest BCUT2D eigenvalue weighted by Crippen LogP contribution is -2.51. The number of esters is 1. The number of rotatable bonds is 1. The zero-order valence-electron chi connectivity index (χ0n) is 13.3. The summed E-state index contributed by atoms with van der Waals surface area (Å²) in [4.78, 5) is 15.0. The predicted octanol–water partition coefficient (Wildman–Crippen LogP) is 3.23. The van der Waals surface area contributed by atoms with Crippen LogP contribution in [-0.4, -0.2) is 34.6 Å². The highest BCUT2D eigenvalue weighted by molar-refractivity contribution is 5.77. The summed E-state index contributed by atoms with van der Waals surface area (Å²) in [5.41, 5.74) is -0.358. The van der Waals surface area contributed by atoms with Crippen molar-refractivity contribution in [1.82, 2.24) is 4.90 Å². The van der Waals surface area contributed by atoms with E-state index < -0.39 is 5.60 Å². The summed E-state index contributed by atoms with van der Waals surface area (Å²) in [7, 11) is 0. The fourth-order valence-electron chi connectivity index (χ4n) is 3.66. The van der Waals surface area contributed by atoms with Gasteiger partial charge in [-0.05, 0) is 66.2 Å². The molecule has 0 bridgehead atoms. The zero-order valence-corrected chi connectivity index (χ0v) is 13.3. The minimum Gasteiger partial charge on any atom is -0.459 e. The van der Waals surface area contributed by atoms with Crippen molar-refractivity contribution in [3.8, 4) is 0 Å². The molecule has 0 N–H and O–H groups in total. The second-order valence-electron chi connectivity index (χ2n) is 8.16. The molecular weight excluding hydrogens is 238 g/mol. The number of ether oxygens (including phenoxy) is 1. The van der Waals surface area contributed by atoms with Crippen LogP contribution in [0.15, 0.2) is 0 Å². The van der Waals surface area contributed by atoms with Crippen LogP contribution in [0.25, 0.3) is 0 Å². The predicted molar refractivity (Wildman–Crippen MR) is 76.9 cm³/mol. The monoisotopic (exact) mass is 267 g/mol. The number of fused-ring (bicyclic) bond motifs is 1. The Bertz CT molecular complexity index is 351. The Balaban J connectivity index is 2.20. The molecule has 0 spiro atoms. The fourth-order valence-corrected chi connectivity index (χ4v) is 3.66. The van der Waals surface area contributed by atoms with Crippen LogP contribution in [-0.2, 0) is 9.53 Å². The van der Waals surface area contributed by atoms with Gasteiger partial charge < -0.3 is 4.74 Å². The maximum Gasteiger partial charge on any atom is 0.324 e. The maximum atomic E-state index is 12.6. The van der Waals surface area contributed by atoms with Crippen molar-refractivity contribution in [3.63, 3.8) is 0 Å². The van der Waals surface area contributed by atoms with Gasteiger partial charge in [0.05, 0.1) is 0 Å². The molecule has 3 atom stereocenters. The van der Waals surface area contributed by atoms with Crippen molar-refractivity contribution < 1.29 is 9.53 Å². The Morgan fingerprint density at radius 2 is 1.74 bits per heavy atom. The van der Waals surface area contributed by atoms with Crippen molar-refractivity contribution in [2.75, 3.05) is 6.54 Å². The molecule has 1 heterocycles. The molecule has 1 aliphatic carbocycles. The van der Waals surface area contributed by atoms with Crippen molar-refractivity contribution in [2.24, 2.45) is 11.8 Å². The van der Waals surface area contributed by atoms with E-state index in [0.717, 1.165) is 6.54 Å². The highest BCUT2D eigenvalue weighted by Crippen LogP contribution is 2.45. The Morgan fingerprint density at radius 3 is 2.26 bits per heavy atom. The molecule has 0 radical (unpaired) electrons. The molecule has 0 amide bonds. The number of likely N-dealkylation sites (tertiary alicyclic amines) is 1. The third-order valence-electron chi connectivity index (χ3n) is 4.40. The third kappa shape index (κ3) is 3.13. The number of hydrogen-bond acceptors (Lipinski definition) is 3. The molecule has 1 saturated heterocycles. The zero-order chi connectivity index (χ0) is 14.4. The lowest BCUT2D eigenvalue weighted by molar-refractivity contribution is -0.163. The molecule has 3 heteroatoms. The molecule has 19 heavy (non-hydrogen) atoms. The van der Waals surface area contributed by atoms with Crippen LogP contribution >= 0.6 is 0 Å². The van der Waals surface area contributed by atoms with E-state index in [1.165, 1.54) is 19.3 Å². The summed E-state index contributed by atoms with van der Waals surface area (Å²) in [5.74, 6) is 1.18. The normalized spacial score (nSPS) is 32.4. The molecule has 1 aliphatic heterocycles. The first-order chi connectivity index (χ1) is 8.59. The van der Waals surface area contributed by atoms with E-state index in [1.54, 1.807) is 0 Å². The molecule has 0 aromatic heterocycles. The fraction of sp³-hybridized carbons (Fsp3) is 0.938. The van der Waals surface area contributed by atoms with Crippen molar-refractivity contribution in [3.05, 3.63) is 0 Å². The Labute approximate surface area is 117 Å². The van der Waals surface area contributed by atoms with Gasteiger partial charge in [-0.15, -0.1) is 0 Å². The van der Waals surface area contributed by atoms with Crippen LogP contribution in [0.3, 0.4) is 0 Å². The van der Waals surface area contributed by atoms with Gasteiger partial charge in [0.1, 0.15) is 11.6 Å². The van der Waals surface area contributed by atoms with Crippen molar-refractivity contribution in [2.45, 2.75) is 78.0 Å². The van der Waals surface area contributed by atoms with E-state index in [2.05, 4.69) is 25.7 Å². The van der Waals surface area contributed by atoms with E-state index in [-0.39, 0.29) is 17.6 Å². The Kier molecular flexibility index (Phi) is 3.72. The van der Waals surface area contributed by atoms with Crippen LogP contribution < -0.4 is 0 Å². The van der Waals surface area contributed by atoms with E-state index >= 15 is 0 Å². The second kappa shape index (κ2) is 4.76. The molecule has 2 fully saturated rings. The third-order valence-corrected chi connectivity index (χ3v) is 4.40. The lowest BCUT2D eigenvalue weighted by atomic mass is 9.93. The van der Waals surface area contributed by atoms with Crippen LogP contribution in [0.2, 0.25) is 0 Å². The van der Waals surface area contributed by atoms with Crippen LogP contribution in [0.1, 0.15) is 60.8 Å². The Morgan fingerprint density at radius 1 is 1.11 bits per heavy atom. The largest absolute Gasteiger partial charge is 0.459 e. The van der Waals surface area contributed by atoms with Gasteiger partial charge in [0.15, 0.2) is 0 Å². The van der Waals surface area contributed by atoms with Gasteiger partial charge >= 0.3 is 5.97 Å². The molecule has 3 nitrogen and oxygen atoms in total. The van der Waals surface area contributed by atoms with E-state index in [9.17, 15) is 4.79 Å². The quantitative estimate of drug-likeness (QED) is 0.683. The molecule has 1 saturated carbocycles. The number of carbonyl (C=O) groups excluding carboxylic acids is 1. The first-order valence-corrected chi connectivity index (χ1v) is 7.59. The average molecular weight is 267 g/mol. The summed E-state index contributed by atoms with van der Waals surface area (Å²) in [5, 5.41) is 0. The highest BCUT2D eigenvalue weighted by Gasteiger charge is 2.51. The van der Waals surface area contributed by atoms with Crippen molar-refractivity contribution >= 4 is 5.97 Å². The van der Waals surface area contributed by atoms with Crippen LogP contribution in [0.5, 0.6) is 0 Å². The molecule has 110 valence electrons. The molecule has 2 rings (SSSR count). The smallest absolute Gasteiger partial charge is 0.324 e. The number of hydrogen-bond donors (Lipinski definition) is 0. The lowest BCUT2D eigenvalue weighted by Gasteiger charge is -2.38. The summed E-state index contributed by atoms with van der Waals surface area (Å²) >= 11 is 0. The molecule has 0 aromatic carbocycles. The Hall–Kier alpha value is -0.570. The summed E-state index contributed by atoms with van der Waals surface area (Å²) in [6, 6.07) is -0.0354. The minimum absolute atomic E-state index is 0.0168. The molecule has 0 unspecified atom stereocenters. The topological polar surface area (TPSA) is 29.5 Å². The van der Waals surface area contributed by atoms with Gasteiger partial charge in [-0.3, -0.25) is 9.69 Å². The average Bonchev–Trinajstić information content (AvgIpc) is 2.69. The highest BCUT2D eigenvalue weighted by atomic mass is 16.6. The summed E-state index contributed by atoms with van der Waals surface area (Å²) in [6.07, 6.45) is 3.73. The van der Waals surface area contributed by atoms with Gasteiger partial charge in [0, 0.05) is 12.1 Å². The minimum atomic E-state index is -0.392. The molecular formula is C16H29NO2. The van der Waals surface area contributed by atoms with Crippen LogP contribution in [0, 0.1) is 11.8 Å². The van der Waals surface area contributed by atoms with Gasteiger partial charge in [0.2, 0.25) is 0 Å². The SMILES string of the molecule is CC(C)(C)OC(=O)[C@@H]1[C@H]2CCC[C@H]2CN1C(C)(C)C. The maximum absolute atomic E-state index is 12.6. The van der Waals surface area contributed by atoms with Gasteiger partial charge in [-0.2, -0.15) is 0 Å². The van der Waals surface area contributed by atoms with Crippen molar-refractivity contribution in [1.29, 1.82) is 0 Å². The summed E-state index contributed by atoms with van der Waals surface area (Å²) < 4.78 is 5.67. The van der Waals surface area contributed by atoms with E-state index in [1.807, 2.05) is 20.8 Å². The first kappa shape index (κ1) is 14.8. The van der Waals surface area contributed by atoms with Gasteiger partial charge in [0.25, 0.3) is 0 Å².